The molecule has 1 atom stereocenters. The number of rotatable bonds is 8. The van der Waals surface area contributed by atoms with E-state index >= 15 is 0 Å². The number of anilines is 1. The molecule has 2 amide bonds. The predicted molar refractivity (Wildman–Crippen MR) is 186 cm³/mol. The Morgan fingerprint density at radius 3 is 2.53 bits per heavy atom. The fraction of sp³-hybridized carbons (Fsp3) is 0.211. The largest absolute Gasteiger partial charge is 0.507 e. The second-order valence-corrected chi connectivity index (χ2v) is 12.1. The Balaban J connectivity index is 1.31. The number of alkyl halides is 3. The molecule has 7 rings (SSSR count). The van der Waals surface area contributed by atoms with E-state index in [9.17, 15) is 27.9 Å². The number of pyridine rings is 1. The molecule has 1 aliphatic heterocycles. The van der Waals surface area contributed by atoms with E-state index in [1.807, 2.05) is 30.3 Å². The number of hydrogen-bond donors (Lipinski definition) is 4. The van der Waals surface area contributed by atoms with Crippen LogP contribution in [0.15, 0.2) is 89.7 Å². The summed E-state index contributed by atoms with van der Waals surface area (Å²) in [6, 6.07) is 22.1. The van der Waals surface area contributed by atoms with Crippen molar-refractivity contribution in [2.45, 2.75) is 18.5 Å². The first-order valence-electron chi connectivity index (χ1n) is 16.2. The van der Waals surface area contributed by atoms with Crippen LogP contribution in [0.1, 0.15) is 33.9 Å². The highest BCUT2D eigenvalue weighted by molar-refractivity contribution is 5.92. The van der Waals surface area contributed by atoms with Gasteiger partial charge in [-0.2, -0.15) is 13.2 Å². The number of carbonyl (C=O) groups is 1. The number of halogens is 3. The van der Waals surface area contributed by atoms with Gasteiger partial charge in [0.15, 0.2) is 11.5 Å². The minimum atomic E-state index is -4.61. The average molecular weight is 699 g/mol. The number of para-hydroxylation sites is 3. The van der Waals surface area contributed by atoms with Crippen LogP contribution in [0.5, 0.6) is 23.0 Å². The maximum absolute atomic E-state index is 14.3. The Hall–Kier alpha value is -6.11. The van der Waals surface area contributed by atoms with E-state index < -0.39 is 29.2 Å². The molecule has 0 saturated heterocycles. The van der Waals surface area contributed by atoms with Crippen LogP contribution >= 0.6 is 0 Å². The summed E-state index contributed by atoms with van der Waals surface area (Å²) in [6.07, 6.45) is -4.37. The molecule has 0 radical (unpaired) electrons. The van der Waals surface area contributed by atoms with Crippen molar-refractivity contribution in [2.24, 2.45) is 7.05 Å². The van der Waals surface area contributed by atoms with Gasteiger partial charge in [0.1, 0.15) is 24.7 Å². The van der Waals surface area contributed by atoms with Crippen LogP contribution in [0.3, 0.4) is 0 Å². The number of amides is 2. The molecule has 3 heterocycles. The van der Waals surface area contributed by atoms with Crippen molar-refractivity contribution in [1.29, 1.82) is 0 Å². The Kier molecular flexibility index (Phi) is 8.71. The highest BCUT2D eigenvalue weighted by atomic mass is 19.4. The average Bonchev–Trinajstić information content (AvgIpc) is 3.49. The summed E-state index contributed by atoms with van der Waals surface area (Å²) in [7, 11) is 2.95. The van der Waals surface area contributed by atoms with Gasteiger partial charge in [-0.1, -0.05) is 42.5 Å². The monoisotopic (exact) mass is 698 g/mol. The van der Waals surface area contributed by atoms with E-state index in [2.05, 4.69) is 15.6 Å². The van der Waals surface area contributed by atoms with Crippen LogP contribution < -0.4 is 30.4 Å². The standard InChI is InChI=1S/C38H33F3N4O6/c1-45-28-12-6-4-9-24(28)34(46)32(36(45)47)31(25-10-7-13-30-35(25)51-19-18-50-30)33-23(22-8-3-5-11-26(22)43-33)16-17-42-37(48)44-27-20-21(38(39,40)41)14-15-29(27)49-2/h3-15,20,31,43,46H,16-19H2,1-2H3,(H2,42,44,48). The van der Waals surface area contributed by atoms with Gasteiger partial charge in [-0.25, -0.2) is 4.79 Å². The maximum atomic E-state index is 14.3. The quantitative estimate of drug-likeness (QED) is 0.135. The SMILES string of the molecule is COc1ccc(C(F)(F)F)cc1NC(=O)NCCc1c(C(c2cccc3c2OCCO3)c2c(O)c3ccccc3n(C)c2=O)[nH]c2ccccc12. The van der Waals surface area contributed by atoms with Gasteiger partial charge in [0, 0.05) is 41.1 Å². The van der Waals surface area contributed by atoms with Crippen molar-refractivity contribution in [3.8, 4) is 23.0 Å². The number of nitrogens with zero attached hydrogens (tertiary/aromatic N) is 1. The number of hydrogen-bond acceptors (Lipinski definition) is 6. The number of carbonyl (C=O) groups excluding carboxylic acids is 1. The number of aromatic hydroxyl groups is 1. The summed E-state index contributed by atoms with van der Waals surface area (Å²) in [6.45, 7) is 0.693. The number of ether oxygens (including phenoxy) is 3. The van der Waals surface area contributed by atoms with Crippen LogP contribution in [-0.2, 0) is 19.6 Å². The number of aromatic nitrogens is 2. The number of benzene rings is 4. The van der Waals surface area contributed by atoms with E-state index in [0.29, 0.717) is 40.3 Å². The number of methoxy groups -OCH3 is 1. The molecule has 6 aromatic rings. The van der Waals surface area contributed by atoms with E-state index in [4.69, 9.17) is 14.2 Å². The number of fused-ring (bicyclic) bond motifs is 3. The molecular formula is C38H33F3N4O6. The van der Waals surface area contributed by atoms with Gasteiger partial charge in [-0.3, -0.25) is 4.79 Å². The Morgan fingerprint density at radius 2 is 1.75 bits per heavy atom. The van der Waals surface area contributed by atoms with E-state index in [0.717, 1.165) is 34.7 Å². The number of aromatic amines is 1. The molecule has 13 heteroatoms. The van der Waals surface area contributed by atoms with Crippen LogP contribution in [-0.4, -0.2) is 47.6 Å². The molecule has 1 aliphatic rings. The van der Waals surface area contributed by atoms with Gasteiger partial charge in [-0.05, 0) is 54.4 Å². The van der Waals surface area contributed by atoms with E-state index in [-0.39, 0.29) is 42.3 Å². The van der Waals surface area contributed by atoms with Crippen molar-refractivity contribution in [1.82, 2.24) is 14.9 Å². The number of urea groups is 1. The molecule has 10 nitrogen and oxygen atoms in total. The molecule has 4 aromatic carbocycles. The summed E-state index contributed by atoms with van der Waals surface area (Å²) in [5.74, 6) is -0.0443. The second-order valence-electron chi connectivity index (χ2n) is 12.1. The van der Waals surface area contributed by atoms with Crippen molar-refractivity contribution in [3.63, 3.8) is 0 Å². The predicted octanol–water partition coefficient (Wildman–Crippen LogP) is 7.07. The maximum Gasteiger partial charge on any atom is 0.416 e. The minimum absolute atomic E-state index is 0.0584. The van der Waals surface area contributed by atoms with Gasteiger partial charge in [-0.15, -0.1) is 0 Å². The Labute approximate surface area is 289 Å². The zero-order valence-electron chi connectivity index (χ0n) is 27.6. The van der Waals surface area contributed by atoms with Gasteiger partial charge >= 0.3 is 12.2 Å². The van der Waals surface area contributed by atoms with Crippen molar-refractivity contribution < 1.29 is 37.3 Å². The lowest BCUT2D eigenvalue weighted by atomic mass is 9.84. The van der Waals surface area contributed by atoms with Crippen LogP contribution in [0, 0.1) is 0 Å². The van der Waals surface area contributed by atoms with Crippen molar-refractivity contribution >= 4 is 33.5 Å². The first-order chi connectivity index (χ1) is 24.6. The number of H-pyrrole nitrogens is 1. The lowest BCUT2D eigenvalue weighted by Crippen LogP contribution is -2.31. The van der Waals surface area contributed by atoms with Gasteiger partial charge in [0.25, 0.3) is 5.56 Å². The first-order valence-corrected chi connectivity index (χ1v) is 16.2. The zero-order chi connectivity index (χ0) is 35.9. The van der Waals surface area contributed by atoms with E-state index in [1.165, 1.54) is 11.7 Å². The lowest BCUT2D eigenvalue weighted by Gasteiger charge is -2.27. The molecule has 51 heavy (non-hydrogen) atoms. The molecular weight excluding hydrogens is 665 g/mol. The smallest absolute Gasteiger partial charge is 0.416 e. The third kappa shape index (κ3) is 6.15. The van der Waals surface area contributed by atoms with Crippen molar-refractivity contribution in [3.05, 3.63) is 123 Å². The van der Waals surface area contributed by atoms with Crippen LogP contribution in [0.25, 0.3) is 21.8 Å². The van der Waals surface area contributed by atoms with Crippen molar-refractivity contribution in [2.75, 3.05) is 32.2 Å². The highest BCUT2D eigenvalue weighted by Crippen LogP contribution is 2.47. The molecule has 1 unspecified atom stereocenters. The third-order valence-corrected chi connectivity index (χ3v) is 9.08. The topological polar surface area (TPSA) is 127 Å². The minimum Gasteiger partial charge on any atom is -0.507 e. The Morgan fingerprint density at radius 1 is 1.00 bits per heavy atom. The highest BCUT2D eigenvalue weighted by Gasteiger charge is 2.34. The first kappa shape index (κ1) is 33.4. The number of nitrogens with one attached hydrogen (secondary N) is 3. The second kappa shape index (κ2) is 13.3. The fourth-order valence-electron chi connectivity index (χ4n) is 6.73. The lowest BCUT2D eigenvalue weighted by molar-refractivity contribution is -0.137. The van der Waals surface area contributed by atoms with Gasteiger partial charge in [0.2, 0.25) is 0 Å². The molecule has 262 valence electrons. The summed E-state index contributed by atoms with van der Waals surface area (Å²) in [5.41, 5.74) is 1.86. The zero-order valence-corrected chi connectivity index (χ0v) is 27.6. The molecule has 0 fully saturated rings. The molecule has 0 bridgehead atoms. The molecule has 0 saturated carbocycles. The third-order valence-electron chi connectivity index (χ3n) is 9.08. The summed E-state index contributed by atoms with van der Waals surface area (Å²) in [5, 5.41) is 18.4. The molecule has 0 aliphatic carbocycles. The number of aryl methyl sites for hydroxylation is 1. The van der Waals surface area contributed by atoms with E-state index in [1.54, 1.807) is 43.4 Å². The molecule has 4 N–H and O–H groups in total. The fourth-order valence-corrected chi connectivity index (χ4v) is 6.73. The summed E-state index contributed by atoms with van der Waals surface area (Å²) < 4.78 is 58.9. The Bertz CT molecular complexity index is 2350. The van der Waals surface area contributed by atoms with Gasteiger partial charge < -0.3 is 39.5 Å². The molecule has 0 spiro atoms. The van der Waals surface area contributed by atoms with Gasteiger partial charge in [0.05, 0.1) is 35.4 Å². The van der Waals surface area contributed by atoms with Crippen LogP contribution in [0.2, 0.25) is 0 Å². The summed E-state index contributed by atoms with van der Waals surface area (Å²) in [4.78, 5) is 30.8. The summed E-state index contributed by atoms with van der Waals surface area (Å²) >= 11 is 0. The molecule has 2 aromatic heterocycles. The van der Waals surface area contributed by atoms with Crippen LogP contribution in [0.4, 0.5) is 23.7 Å². The normalized spacial score (nSPS) is 13.3.